The molecule has 6 unspecified atom stereocenters. The van der Waals surface area contributed by atoms with Crippen molar-refractivity contribution >= 4 is 46.8 Å². The summed E-state index contributed by atoms with van der Waals surface area (Å²) in [5.41, 5.74) is 0.919. The SMILES string of the molecule is CCOc1cccc(C2C3=CCC4C(=O)N(CC)C(=O)C4C3CC3(Cl)C(=O)N(C)C(=O)C23Cl)c1O. The highest BCUT2D eigenvalue weighted by Crippen LogP contribution is 2.66. The predicted molar refractivity (Wildman–Crippen MR) is 127 cm³/mol. The Morgan fingerprint density at radius 1 is 1.09 bits per heavy atom. The lowest BCUT2D eigenvalue weighted by Gasteiger charge is -2.50. The number of imide groups is 2. The number of halogens is 2. The molecular formula is C25H26Cl2N2O6. The van der Waals surface area contributed by atoms with E-state index in [9.17, 15) is 24.3 Å². The number of ether oxygens (including phenoxy) is 1. The van der Waals surface area contributed by atoms with Crippen LogP contribution in [0.4, 0.5) is 0 Å². The van der Waals surface area contributed by atoms with Crippen molar-refractivity contribution in [2.75, 3.05) is 20.2 Å². The molecule has 0 spiro atoms. The van der Waals surface area contributed by atoms with Gasteiger partial charge in [0, 0.05) is 25.1 Å². The molecule has 3 fully saturated rings. The second-order valence-electron chi connectivity index (χ2n) is 9.55. The van der Waals surface area contributed by atoms with Crippen LogP contribution < -0.4 is 4.74 Å². The number of fused-ring (bicyclic) bond motifs is 4. The van der Waals surface area contributed by atoms with Gasteiger partial charge in [-0.1, -0.05) is 23.8 Å². The number of allylic oxidation sites excluding steroid dienone is 2. The predicted octanol–water partition coefficient (Wildman–Crippen LogP) is 2.80. The maximum atomic E-state index is 13.5. The van der Waals surface area contributed by atoms with Crippen molar-refractivity contribution in [3.05, 3.63) is 35.4 Å². The first-order valence-electron chi connectivity index (χ1n) is 11.7. The first kappa shape index (κ1) is 24.1. The van der Waals surface area contributed by atoms with E-state index in [1.54, 1.807) is 32.0 Å². The molecule has 0 radical (unpaired) electrons. The van der Waals surface area contributed by atoms with Crippen molar-refractivity contribution in [2.24, 2.45) is 17.8 Å². The van der Waals surface area contributed by atoms with Gasteiger partial charge in [-0.3, -0.25) is 29.0 Å². The Balaban J connectivity index is 1.75. The molecule has 1 aromatic carbocycles. The summed E-state index contributed by atoms with van der Waals surface area (Å²) >= 11 is 14.2. The summed E-state index contributed by atoms with van der Waals surface area (Å²) in [5.74, 6) is -4.77. The van der Waals surface area contributed by atoms with Crippen LogP contribution in [0, 0.1) is 17.8 Å². The molecule has 2 heterocycles. The number of nitrogens with zero attached hydrogens (tertiary/aromatic N) is 2. The van der Waals surface area contributed by atoms with Gasteiger partial charge < -0.3 is 9.84 Å². The number of hydrogen-bond acceptors (Lipinski definition) is 6. The van der Waals surface area contributed by atoms with Gasteiger partial charge in [0.25, 0.3) is 11.8 Å². The summed E-state index contributed by atoms with van der Waals surface area (Å²) in [6.45, 7) is 4.06. The Morgan fingerprint density at radius 2 is 1.80 bits per heavy atom. The molecule has 4 amide bonds. The van der Waals surface area contributed by atoms with Crippen LogP contribution in [0.2, 0.25) is 0 Å². The normalized spacial score (nSPS) is 36.2. The number of benzene rings is 1. The quantitative estimate of drug-likeness (QED) is 0.371. The lowest BCUT2D eigenvalue weighted by molar-refractivity contribution is -0.141. The van der Waals surface area contributed by atoms with Crippen LogP contribution in [-0.4, -0.2) is 68.5 Å². The minimum Gasteiger partial charge on any atom is -0.504 e. The molecule has 2 saturated heterocycles. The molecule has 186 valence electrons. The topological polar surface area (TPSA) is 104 Å². The number of para-hydroxylation sites is 1. The van der Waals surface area contributed by atoms with Crippen LogP contribution in [-0.2, 0) is 19.2 Å². The highest BCUT2D eigenvalue weighted by Gasteiger charge is 2.76. The number of likely N-dealkylation sites (tertiary alicyclic amines) is 2. The molecule has 1 aromatic rings. The number of amides is 4. The highest BCUT2D eigenvalue weighted by molar-refractivity contribution is 6.53. The van der Waals surface area contributed by atoms with Gasteiger partial charge >= 0.3 is 0 Å². The van der Waals surface area contributed by atoms with Crippen molar-refractivity contribution in [3.63, 3.8) is 0 Å². The number of alkyl halides is 2. The third kappa shape index (κ3) is 2.87. The third-order valence-electron chi connectivity index (χ3n) is 8.06. The number of phenolic OH excluding ortho intramolecular Hbond substituents is 1. The molecule has 1 N–H and O–H groups in total. The van der Waals surface area contributed by atoms with E-state index in [1.165, 1.54) is 11.9 Å². The smallest absolute Gasteiger partial charge is 0.253 e. The summed E-state index contributed by atoms with van der Waals surface area (Å²) in [5, 5.41) is 11.2. The maximum Gasteiger partial charge on any atom is 0.253 e. The van der Waals surface area contributed by atoms with E-state index in [1.807, 2.05) is 6.08 Å². The van der Waals surface area contributed by atoms with E-state index in [-0.39, 0.29) is 41.8 Å². The van der Waals surface area contributed by atoms with Crippen molar-refractivity contribution in [1.29, 1.82) is 0 Å². The van der Waals surface area contributed by atoms with Crippen LogP contribution in [0.25, 0.3) is 0 Å². The van der Waals surface area contributed by atoms with E-state index in [2.05, 4.69) is 0 Å². The summed E-state index contributed by atoms with van der Waals surface area (Å²) in [6, 6.07) is 4.88. The standard InChI is InChI=1S/C25H26Cl2N2O6/c1-4-29-20(31)13-10-9-12-15(17(13)21(29)32)11-24(26)22(33)28(3)23(34)25(24,27)18(12)14-7-6-8-16(19(14)30)35-5-2/h6-9,13,15,17-18,30H,4-5,10-11H2,1-3H3. The highest BCUT2D eigenvalue weighted by atomic mass is 35.5. The molecule has 6 atom stereocenters. The maximum absolute atomic E-state index is 13.5. The second kappa shape index (κ2) is 7.96. The zero-order chi connectivity index (χ0) is 25.4. The summed E-state index contributed by atoms with van der Waals surface area (Å²) in [4.78, 5) is 51.5. The fourth-order valence-corrected chi connectivity index (χ4v) is 7.52. The second-order valence-corrected chi connectivity index (χ2v) is 10.8. The van der Waals surface area contributed by atoms with Gasteiger partial charge in [-0.05, 0) is 38.7 Å². The lowest BCUT2D eigenvalue weighted by Crippen LogP contribution is -2.60. The Hall–Kier alpha value is -2.58. The van der Waals surface area contributed by atoms with E-state index in [0.717, 1.165) is 4.90 Å². The monoisotopic (exact) mass is 520 g/mol. The Bertz CT molecular complexity index is 1200. The van der Waals surface area contributed by atoms with E-state index in [4.69, 9.17) is 27.9 Å². The lowest BCUT2D eigenvalue weighted by atomic mass is 9.56. The van der Waals surface area contributed by atoms with Gasteiger partial charge in [-0.25, -0.2) is 0 Å². The van der Waals surface area contributed by atoms with Gasteiger partial charge in [0.15, 0.2) is 21.2 Å². The average Bonchev–Trinajstić information content (AvgIpc) is 3.15. The first-order chi connectivity index (χ1) is 16.5. The zero-order valence-electron chi connectivity index (χ0n) is 19.6. The first-order valence-corrected chi connectivity index (χ1v) is 12.5. The van der Waals surface area contributed by atoms with E-state index < -0.39 is 45.2 Å². The Morgan fingerprint density at radius 3 is 2.46 bits per heavy atom. The summed E-state index contributed by atoms with van der Waals surface area (Å²) in [6.07, 6.45) is 2.06. The Labute approximate surface area is 212 Å². The molecule has 4 aliphatic rings. The van der Waals surface area contributed by atoms with Crippen molar-refractivity contribution in [1.82, 2.24) is 9.80 Å². The minimum absolute atomic E-state index is 0.0705. The number of phenols is 1. The number of hydrogen-bond donors (Lipinski definition) is 1. The van der Waals surface area contributed by atoms with Crippen molar-refractivity contribution in [3.8, 4) is 11.5 Å². The van der Waals surface area contributed by atoms with Crippen molar-refractivity contribution < 1.29 is 29.0 Å². The van der Waals surface area contributed by atoms with Gasteiger partial charge in [0.2, 0.25) is 11.8 Å². The number of carbonyl (C=O) groups excluding carboxylic acids is 4. The molecule has 1 saturated carbocycles. The van der Waals surface area contributed by atoms with Crippen LogP contribution in [0.15, 0.2) is 29.8 Å². The van der Waals surface area contributed by atoms with Gasteiger partial charge in [-0.15, -0.1) is 23.2 Å². The molecule has 0 bridgehead atoms. The molecule has 0 aromatic heterocycles. The fourth-order valence-electron chi connectivity index (χ4n) is 6.51. The van der Waals surface area contributed by atoms with Gasteiger partial charge in [0.05, 0.1) is 18.4 Å². The molecule has 35 heavy (non-hydrogen) atoms. The number of aromatic hydroxyl groups is 1. The average molecular weight is 521 g/mol. The molecule has 2 aliphatic carbocycles. The molecule has 2 aliphatic heterocycles. The molecule has 5 rings (SSSR count). The van der Waals surface area contributed by atoms with Crippen LogP contribution in [0.5, 0.6) is 11.5 Å². The van der Waals surface area contributed by atoms with Crippen LogP contribution in [0.1, 0.15) is 38.2 Å². The van der Waals surface area contributed by atoms with Crippen molar-refractivity contribution in [2.45, 2.75) is 42.4 Å². The largest absolute Gasteiger partial charge is 0.504 e. The minimum atomic E-state index is -1.94. The van der Waals surface area contributed by atoms with E-state index in [0.29, 0.717) is 18.6 Å². The van der Waals surface area contributed by atoms with Gasteiger partial charge in [-0.2, -0.15) is 0 Å². The Kier molecular flexibility index (Phi) is 5.49. The number of rotatable bonds is 4. The molecular weight excluding hydrogens is 495 g/mol. The fraction of sp³-hybridized carbons (Fsp3) is 0.520. The van der Waals surface area contributed by atoms with E-state index >= 15 is 0 Å². The summed E-state index contributed by atoms with van der Waals surface area (Å²) < 4.78 is 5.56. The summed E-state index contributed by atoms with van der Waals surface area (Å²) in [7, 11) is 1.33. The zero-order valence-corrected chi connectivity index (χ0v) is 21.1. The van der Waals surface area contributed by atoms with Crippen LogP contribution >= 0.6 is 23.2 Å². The third-order valence-corrected chi connectivity index (χ3v) is 9.48. The molecule has 8 nitrogen and oxygen atoms in total. The number of carbonyl (C=O) groups is 4. The molecule has 10 heteroatoms. The van der Waals surface area contributed by atoms with Gasteiger partial charge in [0.1, 0.15) is 0 Å². The van der Waals surface area contributed by atoms with Crippen LogP contribution in [0.3, 0.4) is 0 Å².